The quantitative estimate of drug-likeness (QED) is 0.788. The number of benzene rings is 1. The van der Waals surface area contributed by atoms with Gasteiger partial charge in [-0.15, -0.1) is 0 Å². The molecule has 0 bridgehead atoms. The van der Waals surface area contributed by atoms with Crippen LogP contribution in [0.3, 0.4) is 0 Å². The predicted octanol–water partition coefficient (Wildman–Crippen LogP) is 4.39. The maximum absolute atomic E-state index is 10.3. The molecule has 1 aromatic carbocycles. The Morgan fingerprint density at radius 3 is 2.20 bits per heavy atom. The molecule has 1 rings (SSSR count). The van der Waals surface area contributed by atoms with Crippen LogP contribution in [0.5, 0.6) is 0 Å². The summed E-state index contributed by atoms with van der Waals surface area (Å²) in [7, 11) is -1.80. The largest absolute Gasteiger partial charge is 0.412 e. The Morgan fingerprint density at radius 2 is 1.70 bits per heavy atom. The van der Waals surface area contributed by atoms with Crippen LogP contribution in [0.25, 0.3) is 0 Å². The number of hydrogen-bond donors (Lipinski definition) is 1. The molecule has 0 amide bonds. The molecule has 0 unspecified atom stereocenters. The molecular weight excluding hydrogens is 264 g/mol. The van der Waals surface area contributed by atoms with Crippen LogP contribution < -0.4 is 0 Å². The lowest BCUT2D eigenvalue weighted by molar-refractivity contribution is 0.0337. The van der Waals surface area contributed by atoms with Crippen molar-refractivity contribution in [2.45, 2.75) is 70.9 Å². The molecule has 0 heterocycles. The van der Waals surface area contributed by atoms with Gasteiger partial charge < -0.3 is 9.53 Å². The summed E-state index contributed by atoms with van der Waals surface area (Å²) in [6.45, 7) is 13.1. The van der Waals surface area contributed by atoms with Crippen LogP contribution in [0.2, 0.25) is 18.1 Å². The summed E-state index contributed by atoms with van der Waals surface area (Å²) >= 11 is 0. The molecule has 2 nitrogen and oxygen atoms in total. The topological polar surface area (TPSA) is 29.5 Å². The molecule has 0 saturated heterocycles. The molecule has 2 atom stereocenters. The van der Waals surface area contributed by atoms with E-state index in [1.807, 2.05) is 25.1 Å². The van der Waals surface area contributed by atoms with Crippen LogP contribution in [-0.2, 0) is 10.8 Å². The van der Waals surface area contributed by atoms with E-state index in [1.54, 1.807) is 0 Å². The Morgan fingerprint density at radius 1 is 1.15 bits per heavy atom. The van der Waals surface area contributed by atoms with E-state index in [2.05, 4.69) is 46.0 Å². The highest BCUT2D eigenvalue weighted by molar-refractivity contribution is 6.74. The van der Waals surface area contributed by atoms with Gasteiger partial charge in [0.2, 0.25) is 0 Å². The number of aryl methyl sites for hydroxylation is 1. The summed E-state index contributed by atoms with van der Waals surface area (Å²) in [4.78, 5) is 0. The van der Waals surface area contributed by atoms with Gasteiger partial charge in [-0.05, 0) is 43.5 Å². The minimum Gasteiger partial charge on any atom is -0.412 e. The minimum absolute atomic E-state index is 0.0976. The normalized spacial score (nSPS) is 15.9. The van der Waals surface area contributed by atoms with Crippen LogP contribution >= 0.6 is 0 Å². The molecule has 1 aromatic rings. The van der Waals surface area contributed by atoms with Crippen molar-refractivity contribution in [2.24, 2.45) is 0 Å². The predicted molar refractivity (Wildman–Crippen MR) is 88.5 cm³/mol. The number of hydrogen-bond acceptors (Lipinski definition) is 2. The fraction of sp³-hybridized carbons (Fsp3) is 0.647. The van der Waals surface area contributed by atoms with E-state index >= 15 is 0 Å². The third-order valence-corrected chi connectivity index (χ3v) is 8.97. The molecule has 0 aromatic heterocycles. The van der Waals surface area contributed by atoms with E-state index in [1.165, 1.54) is 5.56 Å². The summed E-state index contributed by atoms with van der Waals surface area (Å²) in [5.41, 5.74) is 1.27. The summed E-state index contributed by atoms with van der Waals surface area (Å²) in [5.74, 6) is 0. The highest BCUT2D eigenvalue weighted by Gasteiger charge is 2.39. The average molecular weight is 295 g/mol. The lowest BCUT2D eigenvalue weighted by Gasteiger charge is -2.39. The first-order valence-electron chi connectivity index (χ1n) is 7.53. The van der Waals surface area contributed by atoms with Crippen LogP contribution in [0.15, 0.2) is 30.3 Å². The van der Waals surface area contributed by atoms with Crippen molar-refractivity contribution in [3.8, 4) is 0 Å². The van der Waals surface area contributed by atoms with Gasteiger partial charge >= 0.3 is 0 Å². The van der Waals surface area contributed by atoms with Gasteiger partial charge in [0.05, 0.1) is 12.2 Å². The van der Waals surface area contributed by atoms with E-state index < -0.39 is 14.4 Å². The molecule has 0 radical (unpaired) electrons. The molecule has 0 aliphatic carbocycles. The van der Waals surface area contributed by atoms with E-state index in [4.69, 9.17) is 4.43 Å². The Hall–Kier alpha value is -0.643. The number of rotatable bonds is 6. The van der Waals surface area contributed by atoms with E-state index in [0.717, 1.165) is 12.8 Å². The van der Waals surface area contributed by atoms with Crippen LogP contribution in [0.1, 0.15) is 39.7 Å². The van der Waals surface area contributed by atoms with Gasteiger partial charge in [0, 0.05) is 0 Å². The molecule has 114 valence electrons. The molecule has 0 aliphatic heterocycles. The Kier molecular flexibility index (Phi) is 5.99. The third kappa shape index (κ3) is 5.04. The van der Waals surface area contributed by atoms with Gasteiger partial charge in [-0.25, -0.2) is 0 Å². The first kappa shape index (κ1) is 17.4. The second kappa shape index (κ2) is 6.88. The van der Waals surface area contributed by atoms with E-state index in [9.17, 15) is 5.11 Å². The maximum atomic E-state index is 10.3. The van der Waals surface area contributed by atoms with Crippen molar-refractivity contribution in [3.05, 3.63) is 35.9 Å². The fourth-order valence-electron chi connectivity index (χ4n) is 1.91. The first-order chi connectivity index (χ1) is 9.13. The first-order valence-corrected chi connectivity index (χ1v) is 10.4. The van der Waals surface area contributed by atoms with Crippen molar-refractivity contribution in [1.82, 2.24) is 0 Å². The van der Waals surface area contributed by atoms with Crippen molar-refractivity contribution < 1.29 is 9.53 Å². The second-order valence-electron chi connectivity index (χ2n) is 7.17. The lowest BCUT2D eigenvalue weighted by atomic mass is 10.0. The Labute approximate surface area is 125 Å². The molecule has 0 aliphatic rings. The van der Waals surface area contributed by atoms with E-state index in [-0.39, 0.29) is 11.1 Å². The number of aliphatic hydroxyl groups is 1. The van der Waals surface area contributed by atoms with Gasteiger partial charge in [-0.3, -0.25) is 0 Å². The van der Waals surface area contributed by atoms with Crippen LogP contribution in [0, 0.1) is 0 Å². The zero-order valence-electron chi connectivity index (χ0n) is 13.8. The highest BCUT2D eigenvalue weighted by atomic mass is 28.4. The molecule has 0 saturated carbocycles. The third-order valence-electron chi connectivity index (χ3n) is 4.40. The Bertz CT molecular complexity index is 395. The zero-order valence-corrected chi connectivity index (χ0v) is 14.8. The van der Waals surface area contributed by atoms with Gasteiger partial charge in [0.1, 0.15) is 0 Å². The average Bonchev–Trinajstić information content (AvgIpc) is 2.35. The van der Waals surface area contributed by atoms with Gasteiger partial charge in [0.15, 0.2) is 8.32 Å². The summed E-state index contributed by atoms with van der Waals surface area (Å²) in [6.07, 6.45) is 1.15. The fourth-order valence-corrected chi connectivity index (χ4v) is 3.35. The SMILES string of the molecule is C[C@H](O[Si](C)(C)C(C)(C)C)[C@@H](O)CCc1ccccc1. The summed E-state index contributed by atoms with van der Waals surface area (Å²) in [5, 5.41) is 10.5. The van der Waals surface area contributed by atoms with Gasteiger partial charge in [-0.1, -0.05) is 51.1 Å². The van der Waals surface area contributed by atoms with Crippen LogP contribution in [0.4, 0.5) is 0 Å². The molecular formula is C17H30O2Si. The molecule has 0 spiro atoms. The smallest absolute Gasteiger partial charge is 0.192 e. The van der Waals surface area contributed by atoms with E-state index in [0.29, 0.717) is 0 Å². The van der Waals surface area contributed by atoms with Crippen molar-refractivity contribution in [2.75, 3.05) is 0 Å². The highest BCUT2D eigenvalue weighted by Crippen LogP contribution is 2.37. The van der Waals surface area contributed by atoms with Gasteiger partial charge in [0.25, 0.3) is 0 Å². The maximum Gasteiger partial charge on any atom is 0.192 e. The monoisotopic (exact) mass is 294 g/mol. The zero-order chi connectivity index (χ0) is 15.4. The summed E-state index contributed by atoms with van der Waals surface area (Å²) in [6, 6.07) is 10.3. The van der Waals surface area contributed by atoms with Crippen molar-refractivity contribution >= 4 is 8.32 Å². The molecule has 0 fully saturated rings. The molecule has 1 N–H and O–H groups in total. The molecule has 3 heteroatoms. The van der Waals surface area contributed by atoms with Gasteiger partial charge in [-0.2, -0.15) is 0 Å². The van der Waals surface area contributed by atoms with Crippen molar-refractivity contribution in [3.63, 3.8) is 0 Å². The minimum atomic E-state index is -1.80. The Balaban J connectivity index is 2.49. The summed E-state index contributed by atoms with van der Waals surface area (Å²) < 4.78 is 6.24. The standard InChI is InChI=1S/C17H30O2Si/c1-14(19-20(5,6)17(2,3)4)16(18)13-12-15-10-8-7-9-11-15/h7-11,14,16,18H,12-13H2,1-6H3/t14-,16-/m0/s1. The second-order valence-corrected chi connectivity index (χ2v) is 11.9. The number of aliphatic hydroxyl groups excluding tert-OH is 1. The van der Waals surface area contributed by atoms with Crippen molar-refractivity contribution in [1.29, 1.82) is 0 Å². The lowest BCUT2D eigenvalue weighted by Crippen LogP contribution is -2.46. The molecule has 20 heavy (non-hydrogen) atoms. The van der Waals surface area contributed by atoms with Crippen LogP contribution in [-0.4, -0.2) is 25.6 Å².